The van der Waals surface area contributed by atoms with Gasteiger partial charge in [0.2, 0.25) is 5.91 Å². The average Bonchev–Trinajstić information content (AvgIpc) is 2.48. The maximum absolute atomic E-state index is 12.8. The Morgan fingerprint density at radius 1 is 1.50 bits per heavy atom. The number of amides is 1. The molecule has 1 aromatic carbocycles. The SMILES string of the molecule is CC1CSCCN1C(=O)C(C(N)=NO)c1ccccc1. The minimum atomic E-state index is -0.716. The number of oxime groups is 1. The summed E-state index contributed by atoms with van der Waals surface area (Å²) in [5.41, 5.74) is 6.50. The third kappa shape index (κ3) is 3.07. The summed E-state index contributed by atoms with van der Waals surface area (Å²) >= 11 is 1.84. The van der Waals surface area contributed by atoms with Crippen molar-refractivity contribution < 1.29 is 10.0 Å². The van der Waals surface area contributed by atoms with Gasteiger partial charge in [0.25, 0.3) is 0 Å². The number of benzene rings is 1. The van der Waals surface area contributed by atoms with Gasteiger partial charge >= 0.3 is 0 Å². The zero-order valence-electron chi connectivity index (χ0n) is 11.4. The summed E-state index contributed by atoms with van der Waals surface area (Å²) in [7, 11) is 0. The zero-order valence-corrected chi connectivity index (χ0v) is 12.2. The molecule has 3 N–H and O–H groups in total. The molecule has 0 radical (unpaired) electrons. The Balaban J connectivity index is 2.29. The highest BCUT2D eigenvalue weighted by atomic mass is 32.2. The van der Waals surface area contributed by atoms with Gasteiger partial charge in [0.05, 0.1) is 0 Å². The topological polar surface area (TPSA) is 78.9 Å². The van der Waals surface area contributed by atoms with Gasteiger partial charge in [-0.1, -0.05) is 35.5 Å². The van der Waals surface area contributed by atoms with Crippen LogP contribution in [0.25, 0.3) is 0 Å². The van der Waals surface area contributed by atoms with E-state index in [4.69, 9.17) is 10.9 Å². The van der Waals surface area contributed by atoms with Gasteiger partial charge in [0.1, 0.15) is 5.92 Å². The lowest BCUT2D eigenvalue weighted by Gasteiger charge is -2.35. The Bertz CT molecular complexity index is 492. The van der Waals surface area contributed by atoms with E-state index >= 15 is 0 Å². The van der Waals surface area contributed by atoms with E-state index in [-0.39, 0.29) is 17.8 Å². The van der Waals surface area contributed by atoms with E-state index in [0.717, 1.165) is 17.1 Å². The Morgan fingerprint density at radius 3 is 2.80 bits per heavy atom. The molecule has 6 heteroatoms. The first-order valence-electron chi connectivity index (χ1n) is 6.55. The predicted molar refractivity (Wildman–Crippen MR) is 81.1 cm³/mol. The molecule has 2 unspecified atom stereocenters. The number of hydrogen-bond acceptors (Lipinski definition) is 4. The first-order chi connectivity index (χ1) is 9.65. The van der Waals surface area contributed by atoms with Gasteiger partial charge in [-0.3, -0.25) is 4.79 Å². The number of carbonyl (C=O) groups excluding carboxylic acids is 1. The van der Waals surface area contributed by atoms with Gasteiger partial charge in [0.15, 0.2) is 5.84 Å². The largest absolute Gasteiger partial charge is 0.409 e. The van der Waals surface area contributed by atoms with Crippen LogP contribution in [0.2, 0.25) is 0 Å². The fourth-order valence-electron chi connectivity index (χ4n) is 2.36. The molecule has 1 aliphatic heterocycles. The number of thioether (sulfide) groups is 1. The monoisotopic (exact) mass is 293 g/mol. The highest BCUT2D eigenvalue weighted by molar-refractivity contribution is 7.99. The zero-order chi connectivity index (χ0) is 14.5. The van der Waals surface area contributed by atoms with E-state index in [1.54, 1.807) is 0 Å². The standard InChI is InChI=1S/C14H19N3O2S/c1-10-9-20-8-7-17(10)14(18)12(13(15)16-19)11-5-3-2-4-6-11/h2-6,10,12,19H,7-9H2,1H3,(H2,15,16). The Kier molecular flexibility index (Phi) is 4.89. The maximum Gasteiger partial charge on any atom is 0.238 e. The molecule has 1 aliphatic rings. The molecule has 0 aliphatic carbocycles. The van der Waals surface area contributed by atoms with Crippen molar-refractivity contribution in [1.29, 1.82) is 0 Å². The van der Waals surface area contributed by atoms with E-state index in [2.05, 4.69) is 5.16 Å². The van der Waals surface area contributed by atoms with Crippen molar-refractivity contribution in [2.24, 2.45) is 10.9 Å². The summed E-state index contributed by atoms with van der Waals surface area (Å²) in [6, 6.07) is 9.37. The number of rotatable bonds is 3. The van der Waals surface area contributed by atoms with Crippen LogP contribution in [0.3, 0.4) is 0 Å². The second-order valence-electron chi connectivity index (χ2n) is 4.82. The quantitative estimate of drug-likeness (QED) is 0.383. The van der Waals surface area contributed by atoms with E-state index < -0.39 is 5.92 Å². The molecule has 20 heavy (non-hydrogen) atoms. The Labute approximate surface area is 122 Å². The molecule has 1 amide bonds. The fourth-order valence-corrected chi connectivity index (χ4v) is 3.38. The van der Waals surface area contributed by atoms with E-state index in [1.165, 1.54) is 0 Å². The maximum atomic E-state index is 12.8. The minimum Gasteiger partial charge on any atom is -0.409 e. The van der Waals surface area contributed by atoms with Crippen molar-refractivity contribution in [2.45, 2.75) is 18.9 Å². The summed E-state index contributed by atoms with van der Waals surface area (Å²) < 4.78 is 0. The van der Waals surface area contributed by atoms with Crippen molar-refractivity contribution in [3.05, 3.63) is 35.9 Å². The molecule has 0 saturated carbocycles. The third-order valence-electron chi connectivity index (χ3n) is 3.44. The van der Waals surface area contributed by atoms with Gasteiger partial charge < -0.3 is 15.8 Å². The summed E-state index contributed by atoms with van der Waals surface area (Å²) in [6.45, 7) is 2.73. The van der Waals surface area contributed by atoms with Gasteiger partial charge in [-0.05, 0) is 12.5 Å². The van der Waals surface area contributed by atoms with Crippen LogP contribution in [0.4, 0.5) is 0 Å². The number of amidine groups is 1. The van der Waals surface area contributed by atoms with Crippen LogP contribution < -0.4 is 5.73 Å². The smallest absolute Gasteiger partial charge is 0.238 e. The number of nitrogens with two attached hydrogens (primary N) is 1. The third-order valence-corrected chi connectivity index (χ3v) is 4.63. The minimum absolute atomic E-state index is 0.0633. The van der Waals surface area contributed by atoms with Gasteiger partial charge in [-0.25, -0.2) is 0 Å². The van der Waals surface area contributed by atoms with Gasteiger partial charge in [0, 0.05) is 24.1 Å². The van der Waals surface area contributed by atoms with Crippen LogP contribution in [0.15, 0.2) is 35.5 Å². The molecular weight excluding hydrogens is 274 g/mol. The molecule has 0 bridgehead atoms. The van der Waals surface area contributed by atoms with Crippen molar-refractivity contribution in [1.82, 2.24) is 4.90 Å². The highest BCUT2D eigenvalue weighted by Gasteiger charge is 2.33. The molecule has 1 fully saturated rings. The van der Waals surface area contributed by atoms with Crippen LogP contribution in [0.5, 0.6) is 0 Å². The normalized spacial score (nSPS) is 21.6. The Hall–Kier alpha value is -1.69. The molecule has 1 heterocycles. The lowest BCUT2D eigenvalue weighted by molar-refractivity contribution is -0.132. The summed E-state index contributed by atoms with van der Waals surface area (Å²) in [5.74, 6) is 0.967. The number of carbonyl (C=O) groups is 1. The van der Waals surface area contributed by atoms with Crippen molar-refractivity contribution in [2.75, 3.05) is 18.1 Å². The molecule has 2 atom stereocenters. The lowest BCUT2D eigenvalue weighted by Crippen LogP contribution is -2.48. The number of nitrogens with zero attached hydrogens (tertiary/aromatic N) is 2. The van der Waals surface area contributed by atoms with Gasteiger partial charge in [-0.15, -0.1) is 0 Å². The number of hydrogen-bond donors (Lipinski definition) is 2. The molecular formula is C14H19N3O2S. The van der Waals surface area contributed by atoms with Gasteiger partial charge in [-0.2, -0.15) is 11.8 Å². The van der Waals surface area contributed by atoms with E-state index in [1.807, 2.05) is 53.9 Å². The molecule has 108 valence electrons. The summed E-state index contributed by atoms with van der Waals surface area (Å²) in [4.78, 5) is 14.6. The van der Waals surface area contributed by atoms with Crippen LogP contribution in [0.1, 0.15) is 18.4 Å². The highest BCUT2D eigenvalue weighted by Crippen LogP contribution is 2.24. The van der Waals surface area contributed by atoms with Crippen LogP contribution in [0, 0.1) is 0 Å². The van der Waals surface area contributed by atoms with E-state index in [0.29, 0.717) is 6.54 Å². The lowest BCUT2D eigenvalue weighted by atomic mass is 9.96. The molecule has 1 aromatic rings. The predicted octanol–water partition coefficient (Wildman–Crippen LogP) is 1.48. The second kappa shape index (κ2) is 6.65. The van der Waals surface area contributed by atoms with E-state index in [9.17, 15) is 4.79 Å². The molecule has 0 aromatic heterocycles. The molecule has 1 saturated heterocycles. The second-order valence-corrected chi connectivity index (χ2v) is 5.97. The van der Waals surface area contributed by atoms with Crippen molar-refractivity contribution in [3.63, 3.8) is 0 Å². The molecule has 5 nitrogen and oxygen atoms in total. The van der Waals surface area contributed by atoms with Crippen molar-refractivity contribution >= 4 is 23.5 Å². The molecule has 2 rings (SSSR count). The van der Waals surface area contributed by atoms with Crippen LogP contribution in [-0.4, -0.2) is 45.9 Å². The summed E-state index contributed by atoms with van der Waals surface area (Å²) in [6.07, 6.45) is 0. The average molecular weight is 293 g/mol. The molecule has 0 spiro atoms. The first-order valence-corrected chi connectivity index (χ1v) is 7.71. The Morgan fingerprint density at radius 2 is 2.20 bits per heavy atom. The fraction of sp³-hybridized carbons (Fsp3) is 0.429. The van der Waals surface area contributed by atoms with Crippen LogP contribution >= 0.6 is 11.8 Å². The van der Waals surface area contributed by atoms with Crippen molar-refractivity contribution in [3.8, 4) is 0 Å². The summed E-state index contributed by atoms with van der Waals surface area (Å²) in [5, 5.41) is 12.0. The first kappa shape index (κ1) is 14.7. The van der Waals surface area contributed by atoms with Crippen LogP contribution in [-0.2, 0) is 4.79 Å².